The van der Waals surface area contributed by atoms with Crippen LogP contribution in [-0.4, -0.2) is 62.8 Å². The van der Waals surface area contributed by atoms with Crippen molar-refractivity contribution in [3.8, 4) is 0 Å². The average Bonchev–Trinajstić information content (AvgIpc) is 3.14. The number of hydrogen-bond acceptors (Lipinski definition) is 4. The Morgan fingerprint density at radius 1 is 1.40 bits per heavy atom. The largest absolute Gasteiger partial charge is 0.344 e. The highest BCUT2D eigenvalue weighted by molar-refractivity contribution is 5.78. The monoisotopic (exact) mass is 345 g/mol. The van der Waals surface area contributed by atoms with E-state index in [0.29, 0.717) is 32.5 Å². The molecule has 2 aromatic heterocycles. The van der Waals surface area contributed by atoms with Crippen LogP contribution < -0.4 is 0 Å². The first-order valence-electron chi connectivity index (χ1n) is 8.51. The zero-order valence-electron chi connectivity index (χ0n) is 14.7. The average molecular weight is 345 g/mol. The lowest BCUT2D eigenvalue weighted by atomic mass is 10.1. The van der Waals surface area contributed by atoms with E-state index >= 15 is 0 Å². The van der Waals surface area contributed by atoms with Crippen molar-refractivity contribution in [3.05, 3.63) is 48.0 Å². The van der Waals surface area contributed by atoms with Crippen LogP contribution in [0.15, 0.2) is 36.8 Å². The van der Waals surface area contributed by atoms with Gasteiger partial charge in [-0.2, -0.15) is 5.10 Å². The van der Waals surface area contributed by atoms with Crippen molar-refractivity contribution < 1.29 is 9.18 Å². The number of rotatable bonds is 6. The Morgan fingerprint density at radius 3 is 2.92 bits per heavy atom. The molecule has 0 bridgehead atoms. The second-order valence-electron chi connectivity index (χ2n) is 6.67. The first kappa shape index (κ1) is 17.5. The third kappa shape index (κ3) is 4.42. The SMILES string of the molecule is CN(C[C@@H]1C[C@H](F)CN1Cc1ccnn1C)C(=O)Cc1cccnc1. The molecule has 0 saturated carbocycles. The quantitative estimate of drug-likeness (QED) is 0.795. The maximum Gasteiger partial charge on any atom is 0.226 e. The summed E-state index contributed by atoms with van der Waals surface area (Å²) in [5, 5.41) is 4.16. The van der Waals surface area contributed by atoms with Crippen molar-refractivity contribution in [3.63, 3.8) is 0 Å². The molecule has 7 heteroatoms. The topological polar surface area (TPSA) is 54.3 Å². The Morgan fingerprint density at radius 2 is 2.24 bits per heavy atom. The van der Waals surface area contributed by atoms with Gasteiger partial charge in [0, 0.05) is 58.4 Å². The molecular formula is C18H24FN5O. The van der Waals surface area contributed by atoms with Crippen molar-refractivity contribution >= 4 is 5.91 Å². The van der Waals surface area contributed by atoms with Crippen LogP contribution in [0.4, 0.5) is 4.39 Å². The maximum absolute atomic E-state index is 14.0. The smallest absolute Gasteiger partial charge is 0.226 e. The van der Waals surface area contributed by atoms with E-state index in [1.165, 1.54) is 0 Å². The molecule has 1 amide bonds. The summed E-state index contributed by atoms with van der Waals surface area (Å²) < 4.78 is 15.8. The van der Waals surface area contributed by atoms with Gasteiger partial charge >= 0.3 is 0 Å². The minimum absolute atomic E-state index is 0.0211. The predicted molar refractivity (Wildman–Crippen MR) is 92.5 cm³/mol. The number of aryl methyl sites for hydroxylation is 1. The molecule has 1 saturated heterocycles. The number of likely N-dealkylation sites (N-methyl/N-ethyl adjacent to an activating group) is 1. The van der Waals surface area contributed by atoms with Crippen LogP contribution in [0.5, 0.6) is 0 Å². The van der Waals surface area contributed by atoms with Gasteiger partial charge in [-0.25, -0.2) is 4.39 Å². The fraction of sp³-hybridized carbons (Fsp3) is 0.500. The number of alkyl halides is 1. The van der Waals surface area contributed by atoms with Gasteiger partial charge in [-0.3, -0.25) is 19.4 Å². The summed E-state index contributed by atoms with van der Waals surface area (Å²) in [6, 6.07) is 5.68. The molecule has 0 unspecified atom stereocenters. The minimum Gasteiger partial charge on any atom is -0.344 e. The molecule has 0 aliphatic carbocycles. The summed E-state index contributed by atoms with van der Waals surface area (Å²) >= 11 is 0. The Balaban J connectivity index is 1.59. The Bertz CT molecular complexity index is 705. The number of hydrogen-bond donors (Lipinski definition) is 0. The number of carbonyl (C=O) groups is 1. The number of amides is 1. The summed E-state index contributed by atoms with van der Waals surface area (Å²) in [5.74, 6) is 0.0239. The number of likely N-dealkylation sites (tertiary alicyclic amines) is 1. The fourth-order valence-electron chi connectivity index (χ4n) is 3.30. The van der Waals surface area contributed by atoms with Gasteiger partial charge in [0.25, 0.3) is 0 Å². The van der Waals surface area contributed by atoms with Gasteiger partial charge in [0.05, 0.1) is 12.1 Å². The highest BCUT2D eigenvalue weighted by Gasteiger charge is 2.33. The zero-order valence-corrected chi connectivity index (χ0v) is 14.7. The first-order valence-corrected chi connectivity index (χ1v) is 8.51. The molecule has 6 nitrogen and oxygen atoms in total. The van der Waals surface area contributed by atoms with Crippen LogP contribution in [0.3, 0.4) is 0 Å². The summed E-state index contributed by atoms with van der Waals surface area (Å²) in [6.45, 7) is 1.57. The van der Waals surface area contributed by atoms with Gasteiger partial charge in [0.1, 0.15) is 6.17 Å². The summed E-state index contributed by atoms with van der Waals surface area (Å²) in [4.78, 5) is 20.3. The van der Waals surface area contributed by atoms with Crippen LogP contribution in [-0.2, 0) is 24.8 Å². The van der Waals surface area contributed by atoms with Gasteiger partial charge in [-0.15, -0.1) is 0 Å². The highest BCUT2D eigenvalue weighted by atomic mass is 19.1. The zero-order chi connectivity index (χ0) is 17.8. The molecule has 1 aliphatic heterocycles. The van der Waals surface area contributed by atoms with E-state index < -0.39 is 6.17 Å². The Labute approximate surface area is 147 Å². The van der Waals surface area contributed by atoms with Crippen LogP contribution in [0.1, 0.15) is 17.7 Å². The van der Waals surface area contributed by atoms with E-state index in [4.69, 9.17) is 0 Å². The number of pyridine rings is 1. The second-order valence-corrected chi connectivity index (χ2v) is 6.67. The van der Waals surface area contributed by atoms with E-state index in [1.807, 2.05) is 25.2 Å². The Hall–Kier alpha value is -2.28. The van der Waals surface area contributed by atoms with Crippen molar-refractivity contribution in [2.24, 2.45) is 7.05 Å². The molecule has 1 aliphatic rings. The van der Waals surface area contributed by atoms with Crippen molar-refractivity contribution in [1.29, 1.82) is 0 Å². The van der Waals surface area contributed by atoms with E-state index in [0.717, 1.165) is 11.3 Å². The number of carbonyl (C=O) groups excluding carboxylic acids is 1. The lowest BCUT2D eigenvalue weighted by Crippen LogP contribution is -2.41. The molecule has 0 radical (unpaired) electrons. The normalized spacial score (nSPS) is 20.8. The van der Waals surface area contributed by atoms with Gasteiger partial charge in [-0.05, 0) is 24.1 Å². The van der Waals surface area contributed by atoms with Gasteiger partial charge < -0.3 is 4.90 Å². The number of halogens is 1. The molecule has 1 fully saturated rings. The van der Waals surface area contributed by atoms with Crippen molar-refractivity contribution in [2.75, 3.05) is 20.1 Å². The van der Waals surface area contributed by atoms with Crippen LogP contribution >= 0.6 is 0 Å². The molecule has 2 aromatic rings. The Kier molecular flexibility index (Phi) is 5.43. The highest BCUT2D eigenvalue weighted by Crippen LogP contribution is 2.23. The molecule has 0 spiro atoms. The predicted octanol–water partition coefficient (Wildman–Crippen LogP) is 1.43. The van der Waals surface area contributed by atoms with Gasteiger partial charge in [0.15, 0.2) is 0 Å². The lowest BCUT2D eigenvalue weighted by molar-refractivity contribution is -0.129. The molecule has 25 heavy (non-hydrogen) atoms. The molecule has 3 rings (SSSR count). The van der Waals surface area contributed by atoms with E-state index in [1.54, 1.807) is 35.2 Å². The number of aromatic nitrogens is 3. The minimum atomic E-state index is -0.847. The molecule has 134 valence electrons. The standard InChI is InChI=1S/C18H24FN5O/c1-22(18(25)8-14-4-3-6-20-10-14)12-17-9-15(19)11-24(17)13-16-5-7-21-23(16)2/h3-7,10,15,17H,8-9,11-13H2,1-2H3/t15-,17-/m0/s1. The fourth-order valence-corrected chi connectivity index (χ4v) is 3.30. The molecule has 0 N–H and O–H groups in total. The second kappa shape index (κ2) is 7.74. The summed E-state index contributed by atoms with van der Waals surface area (Å²) in [5.41, 5.74) is 1.93. The first-order chi connectivity index (χ1) is 12.0. The molecule has 3 heterocycles. The van der Waals surface area contributed by atoms with Crippen LogP contribution in [0.25, 0.3) is 0 Å². The lowest BCUT2D eigenvalue weighted by Gasteiger charge is -2.28. The third-order valence-electron chi connectivity index (χ3n) is 4.75. The van der Waals surface area contributed by atoms with Gasteiger partial charge in [0.2, 0.25) is 5.91 Å². The van der Waals surface area contributed by atoms with E-state index in [2.05, 4.69) is 15.0 Å². The van der Waals surface area contributed by atoms with Crippen LogP contribution in [0.2, 0.25) is 0 Å². The molecular weight excluding hydrogens is 321 g/mol. The third-order valence-corrected chi connectivity index (χ3v) is 4.75. The van der Waals surface area contributed by atoms with Gasteiger partial charge in [-0.1, -0.05) is 6.07 Å². The molecule has 2 atom stereocenters. The van der Waals surface area contributed by atoms with Crippen molar-refractivity contribution in [1.82, 2.24) is 24.6 Å². The molecule has 0 aromatic carbocycles. The van der Waals surface area contributed by atoms with E-state index in [9.17, 15) is 9.18 Å². The summed E-state index contributed by atoms with van der Waals surface area (Å²) in [7, 11) is 3.67. The number of nitrogens with zero attached hydrogens (tertiary/aromatic N) is 5. The van der Waals surface area contributed by atoms with E-state index in [-0.39, 0.29) is 11.9 Å². The van der Waals surface area contributed by atoms with Crippen molar-refractivity contribution in [2.45, 2.75) is 31.6 Å². The maximum atomic E-state index is 14.0. The summed E-state index contributed by atoms with van der Waals surface area (Å²) in [6.07, 6.45) is 5.07. The van der Waals surface area contributed by atoms with Crippen LogP contribution in [0, 0.1) is 0 Å².